The molecule has 0 aliphatic rings. The van der Waals surface area contributed by atoms with Crippen molar-refractivity contribution in [2.75, 3.05) is 6.61 Å². The van der Waals surface area contributed by atoms with Gasteiger partial charge in [-0.2, -0.15) is 0 Å². The third kappa shape index (κ3) is 7.03. The van der Waals surface area contributed by atoms with Crippen LogP contribution in [0.4, 0.5) is 13.6 Å². The molecule has 2 N–H and O–H groups in total. The van der Waals surface area contributed by atoms with Gasteiger partial charge in [0, 0.05) is 12.3 Å². The van der Waals surface area contributed by atoms with Crippen LogP contribution in [0.25, 0.3) is 10.9 Å². The standard InChI is InChI=1S/C23H31F2N3O4/c1-13-9-17(19(29)27-28-20(30)32-22(5,6)7)26-18-15(13)10-14(31-12-23(8,24)25)11-16(18)21(2,3)4/h9-11H,12H2,1-8H3,(H,27,29)(H,28,30). The van der Waals surface area contributed by atoms with Crippen molar-refractivity contribution in [2.45, 2.75) is 72.3 Å². The van der Waals surface area contributed by atoms with Crippen LogP contribution in [0.5, 0.6) is 5.75 Å². The van der Waals surface area contributed by atoms with Crippen LogP contribution in [0.1, 0.15) is 70.1 Å². The van der Waals surface area contributed by atoms with Crippen LogP contribution in [0, 0.1) is 6.92 Å². The summed E-state index contributed by atoms with van der Waals surface area (Å²) in [6.07, 6.45) is -0.798. The highest BCUT2D eigenvalue weighted by Crippen LogP contribution is 2.35. The van der Waals surface area contributed by atoms with Crippen LogP contribution in [-0.4, -0.2) is 35.1 Å². The van der Waals surface area contributed by atoms with Crippen LogP contribution in [0.2, 0.25) is 0 Å². The summed E-state index contributed by atoms with van der Waals surface area (Å²) in [5, 5.41) is 0.684. The molecule has 0 atom stereocenters. The van der Waals surface area contributed by atoms with Gasteiger partial charge in [0.25, 0.3) is 11.8 Å². The van der Waals surface area contributed by atoms with Gasteiger partial charge in [-0.15, -0.1) is 0 Å². The highest BCUT2D eigenvalue weighted by atomic mass is 19.3. The van der Waals surface area contributed by atoms with Crippen molar-refractivity contribution in [3.63, 3.8) is 0 Å². The summed E-state index contributed by atoms with van der Waals surface area (Å²) in [6.45, 7) is 12.8. The number of nitrogens with one attached hydrogen (secondary N) is 2. The fraction of sp³-hybridized carbons (Fsp3) is 0.522. The van der Waals surface area contributed by atoms with E-state index in [2.05, 4.69) is 15.8 Å². The molecule has 0 saturated carbocycles. The Morgan fingerprint density at radius 3 is 2.16 bits per heavy atom. The van der Waals surface area contributed by atoms with E-state index < -0.39 is 35.5 Å². The highest BCUT2D eigenvalue weighted by Gasteiger charge is 2.25. The third-order valence-electron chi connectivity index (χ3n) is 4.30. The van der Waals surface area contributed by atoms with Crippen molar-refractivity contribution in [3.05, 3.63) is 35.0 Å². The average Bonchev–Trinajstić information content (AvgIpc) is 2.61. The number of ether oxygens (including phenoxy) is 2. The number of amides is 2. The largest absolute Gasteiger partial charge is 0.487 e. The maximum Gasteiger partial charge on any atom is 0.426 e. The summed E-state index contributed by atoms with van der Waals surface area (Å²) in [5.74, 6) is -3.28. The highest BCUT2D eigenvalue weighted by molar-refractivity contribution is 5.97. The number of hydrazine groups is 1. The molecule has 2 aromatic rings. The summed E-state index contributed by atoms with van der Waals surface area (Å²) in [6, 6.07) is 4.86. The van der Waals surface area contributed by atoms with Gasteiger partial charge in [0.15, 0.2) is 6.61 Å². The number of alkyl halides is 2. The average molecular weight is 452 g/mol. The predicted molar refractivity (Wildman–Crippen MR) is 118 cm³/mol. The third-order valence-corrected chi connectivity index (χ3v) is 4.30. The van der Waals surface area contributed by atoms with Crippen LogP contribution >= 0.6 is 0 Å². The lowest BCUT2D eigenvalue weighted by atomic mass is 9.84. The fourth-order valence-electron chi connectivity index (χ4n) is 2.92. The molecule has 0 aliphatic heterocycles. The molecule has 0 aliphatic carbocycles. The first kappa shape index (κ1) is 25.3. The SMILES string of the molecule is Cc1cc(C(=O)NNC(=O)OC(C)(C)C)nc2c(C(C)(C)C)cc(OCC(C)(F)F)cc12. The maximum absolute atomic E-state index is 13.3. The van der Waals surface area contributed by atoms with Crippen molar-refractivity contribution in [2.24, 2.45) is 0 Å². The van der Waals surface area contributed by atoms with Gasteiger partial charge in [-0.05, 0) is 62.4 Å². The molecule has 1 aromatic carbocycles. The van der Waals surface area contributed by atoms with Crippen LogP contribution in [0.15, 0.2) is 18.2 Å². The van der Waals surface area contributed by atoms with E-state index >= 15 is 0 Å². The quantitative estimate of drug-likeness (QED) is 0.636. The van der Waals surface area contributed by atoms with Gasteiger partial charge in [-0.3, -0.25) is 10.2 Å². The zero-order valence-corrected chi connectivity index (χ0v) is 19.8. The Morgan fingerprint density at radius 2 is 1.62 bits per heavy atom. The number of halogens is 2. The number of nitrogens with zero attached hydrogens (tertiary/aromatic N) is 1. The first-order chi connectivity index (χ1) is 14.5. The lowest BCUT2D eigenvalue weighted by molar-refractivity contribution is -0.0229. The van der Waals surface area contributed by atoms with E-state index in [1.165, 1.54) is 0 Å². The van der Waals surface area contributed by atoms with E-state index in [1.54, 1.807) is 45.9 Å². The van der Waals surface area contributed by atoms with Crippen LogP contribution < -0.4 is 15.6 Å². The molecule has 32 heavy (non-hydrogen) atoms. The minimum absolute atomic E-state index is 0.0883. The Hall–Kier alpha value is -2.97. The van der Waals surface area contributed by atoms with Gasteiger partial charge < -0.3 is 9.47 Å². The fourth-order valence-corrected chi connectivity index (χ4v) is 2.92. The monoisotopic (exact) mass is 451 g/mol. The van der Waals surface area contributed by atoms with Gasteiger partial charge >= 0.3 is 6.09 Å². The van der Waals surface area contributed by atoms with Crippen LogP contribution in [-0.2, 0) is 10.2 Å². The van der Waals surface area contributed by atoms with Gasteiger partial charge in [-0.1, -0.05) is 20.8 Å². The molecule has 2 rings (SSSR count). The van der Waals surface area contributed by atoms with Crippen LogP contribution in [0.3, 0.4) is 0 Å². The molecule has 0 radical (unpaired) electrons. The van der Waals surface area contributed by atoms with Gasteiger partial charge in [-0.25, -0.2) is 24.0 Å². The van der Waals surface area contributed by atoms with Crippen molar-refractivity contribution in [1.29, 1.82) is 0 Å². The Kier molecular flexibility index (Phi) is 7.02. The molecule has 1 heterocycles. The number of benzene rings is 1. The van der Waals surface area contributed by atoms with E-state index in [4.69, 9.17) is 9.47 Å². The molecule has 7 nitrogen and oxygen atoms in total. The molecule has 2 amide bonds. The van der Waals surface area contributed by atoms with Crippen molar-refractivity contribution >= 4 is 22.9 Å². The number of hydrogen-bond acceptors (Lipinski definition) is 5. The van der Waals surface area contributed by atoms with Crippen molar-refractivity contribution in [1.82, 2.24) is 15.8 Å². The van der Waals surface area contributed by atoms with Crippen molar-refractivity contribution in [3.8, 4) is 5.75 Å². The van der Waals surface area contributed by atoms with Gasteiger partial charge in [0.05, 0.1) is 5.52 Å². The van der Waals surface area contributed by atoms with Crippen molar-refractivity contribution < 1.29 is 27.8 Å². The van der Waals surface area contributed by atoms with E-state index in [1.807, 2.05) is 20.8 Å². The number of fused-ring (bicyclic) bond motifs is 1. The number of rotatable bonds is 4. The molecule has 176 valence electrons. The second-order valence-corrected chi connectivity index (χ2v) is 9.88. The zero-order valence-electron chi connectivity index (χ0n) is 19.8. The number of aryl methyl sites for hydroxylation is 1. The first-order valence-electron chi connectivity index (χ1n) is 10.2. The summed E-state index contributed by atoms with van der Waals surface area (Å²) in [4.78, 5) is 28.9. The number of hydrogen-bond donors (Lipinski definition) is 2. The molecule has 1 aromatic heterocycles. The Bertz CT molecular complexity index is 1020. The second-order valence-electron chi connectivity index (χ2n) is 9.88. The summed E-state index contributed by atoms with van der Waals surface area (Å²) >= 11 is 0. The van der Waals surface area contributed by atoms with Gasteiger partial charge in [0.2, 0.25) is 0 Å². The topological polar surface area (TPSA) is 89.6 Å². The van der Waals surface area contributed by atoms with E-state index in [-0.39, 0.29) is 5.69 Å². The predicted octanol–water partition coefficient (Wildman–Crippen LogP) is 5.04. The molecular weight excluding hydrogens is 420 g/mol. The van der Waals surface area contributed by atoms with E-state index in [9.17, 15) is 18.4 Å². The first-order valence-corrected chi connectivity index (χ1v) is 10.2. The minimum Gasteiger partial charge on any atom is -0.487 e. The molecule has 0 fully saturated rings. The van der Waals surface area contributed by atoms with E-state index in [0.29, 0.717) is 22.2 Å². The number of pyridine rings is 1. The Labute approximate surface area is 186 Å². The lowest BCUT2D eigenvalue weighted by Crippen LogP contribution is -2.44. The summed E-state index contributed by atoms with van der Waals surface area (Å²) < 4.78 is 37.0. The molecule has 9 heteroatoms. The maximum atomic E-state index is 13.3. The summed E-state index contributed by atoms with van der Waals surface area (Å²) in [7, 11) is 0. The molecular formula is C23H31F2N3O4. The number of aromatic nitrogens is 1. The number of carbonyl (C=O) groups excluding carboxylic acids is 2. The smallest absolute Gasteiger partial charge is 0.426 e. The lowest BCUT2D eigenvalue weighted by Gasteiger charge is -2.23. The van der Waals surface area contributed by atoms with Gasteiger partial charge in [0.1, 0.15) is 17.0 Å². The molecule has 0 unspecified atom stereocenters. The zero-order chi connectivity index (χ0) is 24.5. The Balaban J connectivity index is 2.40. The second kappa shape index (κ2) is 8.88. The molecule has 0 bridgehead atoms. The Morgan fingerprint density at radius 1 is 1.00 bits per heavy atom. The molecule has 0 spiro atoms. The molecule has 0 saturated heterocycles. The minimum atomic E-state index is -2.97. The number of carbonyl (C=O) groups is 2. The normalized spacial score (nSPS) is 12.4. The summed E-state index contributed by atoms with van der Waals surface area (Å²) in [5.41, 5.74) is 5.45. The van der Waals surface area contributed by atoms with E-state index in [0.717, 1.165) is 12.5 Å².